The largest absolute Gasteiger partial charge is 0.340 e. The molecule has 2 saturated heterocycles. The number of piperazine rings is 1. The van der Waals surface area contributed by atoms with Crippen LogP contribution in [0.5, 0.6) is 0 Å². The molecule has 0 aromatic heterocycles. The van der Waals surface area contributed by atoms with Crippen molar-refractivity contribution < 1.29 is 4.79 Å². The minimum Gasteiger partial charge on any atom is -0.340 e. The van der Waals surface area contributed by atoms with Gasteiger partial charge < -0.3 is 10.2 Å². The fourth-order valence-electron chi connectivity index (χ4n) is 5.12. The first-order valence-electron chi connectivity index (χ1n) is 10.0. The number of nitrogens with zero attached hydrogens (tertiary/aromatic N) is 2. The number of aryl methyl sites for hydroxylation is 1. The normalized spacial score (nSPS) is 26.9. The smallest absolute Gasteiger partial charge is 0.233 e. The highest BCUT2D eigenvalue weighted by Gasteiger charge is 2.46. The average Bonchev–Trinajstić information content (AvgIpc) is 3.32. The highest BCUT2D eigenvalue weighted by molar-refractivity contribution is 5.89. The van der Waals surface area contributed by atoms with Crippen LogP contribution >= 0.6 is 0 Å². The van der Waals surface area contributed by atoms with Gasteiger partial charge in [-0.05, 0) is 31.7 Å². The summed E-state index contributed by atoms with van der Waals surface area (Å²) in [6, 6.07) is 9.23. The van der Waals surface area contributed by atoms with E-state index in [1.54, 1.807) is 0 Å². The highest BCUT2D eigenvalue weighted by atomic mass is 16.2. The van der Waals surface area contributed by atoms with Crippen LogP contribution in [0.2, 0.25) is 0 Å². The van der Waals surface area contributed by atoms with Crippen LogP contribution in [0.4, 0.5) is 0 Å². The Morgan fingerprint density at radius 1 is 1.16 bits per heavy atom. The van der Waals surface area contributed by atoms with Crippen LogP contribution in [0, 0.1) is 6.92 Å². The highest BCUT2D eigenvalue weighted by Crippen LogP contribution is 2.43. The van der Waals surface area contributed by atoms with Gasteiger partial charge in [0.1, 0.15) is 0 Å². The van der Waals surface area contributed by atoms with E-state index in [2.05, 4.69) is 46.3 Å². The molecule has 1 atom stereocenters. The van der Waals surface area contributed by atoms with Crippen molar-refractivity contribution in [2.45, 2.75) is 50.5 Å². The van der Waals surface area contributed by atoms with Gasteiger partial charge in [-0.3, -0.25) is 9.69 Å². The van der Waals surface area contributed by atoms with Gasteiger partial charge in [0.25, 0.3) is 0 Å². The Labute approximate surface area is 151 Å². The van der Waals surface area contributed by atoms with Gasteiger partial charge in [0.05, 0.1) is 5.41 Å². The van der Waals surface area contributed by atoms with Gasteiger partial charge in [0, 0.05) is 45.3 Å². The van der Waals surface area contributed by atoms with E-state index < -0.39 is 0 Å². The van der Waals surface area contributed by atoms with Gasteiger partial charge in [0.15, 0.2) is 0 Å². The maximum Gasteiger partial charge on any atom is 0.233 e. The lowest BCUT2D eigenvalue weighted by Gasteiger charge is -2.35. The van der Waals surface area contributed by atoms with Crippen molar-refractivity contribution in [2.24, 2.45) is 0 Å². The summed E-state index contributed by atoms with van der Waals surface area (Å²) in [6.07, 6.45) is 5.52. The third kappa shape index (κ3) is 3.22. The number of amides is 1. The first-order chi connectivity index (χ1) is 12.2. The van der Waals surface area contributed by atoms with Crippen LogP contribution < -0.4 is 5.32 Å². The quantitative estimate of drug-likeness (QED) is 0.916. The molecule has 1 aromatic carbocycles. The number of likely N-dealkylation sites (tertiary alicyclic amines) is 1. The second-order valence-electron chi connectivity index (χ2n) is 8.14. The van der Waals surface area contributed by atoms with Crippen molar-refractivity contribution >= 4 is 5.91 Å². The zero-order chi connectivity index (χ0) is 17.3. The number of benzene rings is 1. The van der Waals surface area contributed by atoms with Crippen molar-refractivity contribution in [3.05, 3.63) is 35.4 Å². The molecular formula is C21H31N3O. The van der Waals surface area contributed by atoms with Crippen molar-refractivity contribution in [1.82, 2.24) is 15.1 Å². The molecule has 1 aliphatic carbocycles. The van der Waals surface area contributed by atoms with Crippen LogP contribution in [0.25, 0.3) is 0 Å². The van der Waals surface area contributed by atoms with Crippen LogP contribution in [-0.4, -0.2) is 61.0 Å². The second-order valence-corrected chi connectivity index (χ2v) is 8.14. The predicted octanol–water partition coefficient (Wildman–Crippen LogP) is 2.31. The van der Waals surface area contributed by atoms with Gasteiger partial charge in [-0.15, -0.1) is 0 Å². The maximum atomic E-state index is 13.6. The van der Waals surface area contributed by atoms with Crippen LogP contribution in [-0.2, 0) is 10.2 Å². The zero-order valence-corrected chi connectivity index (χ0v) is 15.5. The Morgan fingerprint density at radius 3 is 2.64 bits per heavy atom. The van der Waals surface area contributed by atoms with Gasteiger partial charge in [-0.2, -0.15) is 0 Å². The molecule has 4 nitrogen and oxygen atoms in total. The molecule has 25 heavy (non-hydrogen) atoms. The molecular weight excluding hydrogens is 310 g/mol. The van der Waals surface area contributed by atoms with E-state index in [1.165, 1.54) is 24.0 Å². The van der Waals surface area contributed by atoms with Gasteiger partial charge in [-0.25, -0.2) is 0 Å². The van der Waals surface area contributed by atoms with Crippen LogP contribution in [0.1, 0.15) is 43.2 Å². The third-order valence-corrected chi connectivity index (χ3v) is 6.56. The molecule has 4 heteroatoms. The number of rotatable bonds is 3. The monoisotopic (exact) mass is 341 g/mol. The minimum atomic E-state index is -0.260. The first-order valence-corrected chi connectivity index (χ1v) is 10.0. The fourth-order valence-corrected chi connectivity index (χ4v) is 5.12. The SMILES string of the molecule is Cc1cccc(C2(C(=O)N3CCC(N4CCNCC4)C3)CCCC2)c1. The predicted molar refractivity (Wildman–Crippen MR) is 101 cm³/mol. The summed E-state index contributed by atoms with van der Waals surface area (Å²) in [5.74, 6) is 0.397. The second kappa shape index (κ2) is 7.08. The van der Waals surface area contributed by atoms with E-state index in [1.807, 2.05) is 0 Å². The molecule has 1 aromatic rings. The third-order valence-electron chi connectivity index (χ3n) is 6.56. The summed E-state index contributed by atoms with van der Waals surface area (Å²) in [6.45, 7) is 8.39. The molecule has 1 N–H and O–H groups in total. The van der Waals surface area contributed by atoms with E-state index >= 15 is 0 Å². The molecule has 0 bridgehead atoms. The maximum absolute atomic E-state index is 13.6. The minimum absolute atomic E-state index is 0.260. The lowest BCUT2D eigenvalue weighted by Crippen LogP contribution is -2.50. The molecule has 1 amide bonds. The molecule has 3 aliphatic rings. The Morgan fingerprint density at radius 2 is 1.92 bits per heavy atom. The van der Waals surface area contributed by atoms with Gasteiger partial charge >= 0.3 is 0 Å². The number of carbonyl (C=O) groups excluding carboxylic acids is 1. The number of nitrogens with one attached hydrogen (secondary N) is 1. The van der Waals surface area contributed by atoms with E-state index in [-0.39, 0.29) is 5.41 Å². The van der Waals surface area contributed by atoms with Crippen LogP contribution in [0.3, 0.4) is 0 Å². The lowest BCUT2D eigenvalue weighted by molar-refractivity contribution is -0.136. The molecule has 136 valence electrons. The molecule has 3 fully saturated rings. The summed E-state index contributed by atoms with van der Waals surface area (Å²) in [4.78, 5) is 18.4. The van der Waals surface area contributed by atoms with Crippen molar-refractivity contribution in [3.63, 3.8) is 0 Å². The molecule has 0 radical (unpaired) electrons. The summed E-state index contributed by atoms with van der Waals surface area (Å²) in [5.41, 5.74) is 2.25. The van der Waals surface area contributed by atoms with Crippen molar-refractivity contribution in [3.8, 4) is 0 Å². The van der Waals surface area contributed by atoms with E-state index in [4.69, 9.17) is 0 Å². The lowest BCUT2D eigenvalue weighted by atomic mass is 9.77. The topological polar surface area (TPSA) is 35.6 Å². The molecule has 4 rings (SSSR count). The van der Waals surface area contributed by atoms with Gasteiger partial charge in [-0.1, -0.05) is 42.7 Å². The average molecular weight is 341 g/mol. The Kier molecular flexibility index (Phi) is 4.83. The fraction of sp³-hybridized carbons (Fsp3) is 0.667. The Bertz CT molecular complexity index is 617. The number of hydrogen-bond donors (Lipinski definition) is 1. The van der Waals surface area contributed by atoms with E-state index in [0.29, 0.717) is 11.9 Å². The molecule has 1 saturated carbocycles. The molecule has 0 spiro atoms. The van der Waals surface area contributed by atoms with Crippen molar-refractivity contribution in [2.75, 3.05) is 39.3 Å². The van der Waals surface area contributed by atoms with Crippen LogP contribution in [0.15, 0.2) is 24.3 Å². The van der Waals surface area contributed by atoms with Gasteiger partial charge in [0.2, 0.25) is 5.91 Å². The molecule has 1 unspecified atom stereocenters. The van der Waals surface area contributed by atoms with E-state index in [0.717, 1.165) is 58.5 Å². The number of hydrogen-bond acceptors (Lipinski definition) is 3. The first kappa shape index (κ1) is 17.0. The molecule has 2 aliphatic heterocycles. The Balaban J connectivity index is 1.52. The van der Waals surface area contributed by atoms with Crippen molar-refractivity contribution in [1.29, 1.82) is 0 Å². The summed E-state index contributed by atoms with van der Waals surface area (Å²) in [5, 5.41) is 3.43. The zero-order valence-electron chi connectivity index (χ0n) is 15.5. The number of carbonyl (C=O) groups is 1. The standard InChI is InChI=1S/C21H31N3O/c1-17-5-4-6-18(15-17)21(8-2-3-9-21)20(25)24-12-7-19(16-24)23-13-10-22-11-14-23/h4-6,15,19,22H,2-3,7-14,16H2,1H3. The summed E-state index contributed by atoms with van der Waals surface area (Å²) in [7, 11) is 0. The van der Waals surface area contributed by atoms with E-state index in [9.17, 15) is 4.79 Å². The summed E-state index contributed by atoms with van der Waals surface area (Å²) >= 11 is 0. The summed E-state index contributed by atoms with van der Waals surface area (Å²) < 4.78 is 0. The molecule has 2 heterocycles. The Hall–Kier alpha value is -1.39.